The fourth-order valence-corrected chi connectivity index (χ4v) is 3.45. The lowest BCUT2D eigenvalue weighted by Crippen LogP contribution is -2.48. The summed E-state index contributed by atoms with van der Waals surface area (Å²) in [6, 6.07) is 17.2. The molecule has 6 nitrogen and oxygen atoms in total. The first-order valence-electron chi connectivity index (χ1n) is 10.2. The van der Waals surface area contributed by atoms with E-state index in [-0.39, 0.29) is 11.8 Å². The molecular formula is C23H30N4O2. The molecule has 0 bridgehead atoms. The first kappa shape index (κ1) is 20.9. The summed E-state index contributed by atoms with van der Waals surface area (Å²) >= 11 is 0. The second kappa shape index (κ2) is 10.1. The number of benzene rings is 2. The zero-order valence-corrected chi connectivity index (χ0v) is 17.3. The molecule has 0 spiro atoms. The van der Waals surface area contributed by atoms with E-state index in [0.717, 1.165) is 26.1 Å². The van der Waals surface area contributed by atoms with Gasteiger partial charge in [-0.05, 0) is 63.5 Å². The molecule has 0 aliphatic carbocycles. The Morgan fingerprint density at radius 1 is 0.897 bits per heavy atom. The third kappa shape index (κ3) is 5.81. The largest absolute Gasteiger partial charge is 0.368 e. The van der Waals surface area contributed by atoms with Crippen LogP contribution in [0.15, 0.2) is 54.6 Å². The molecule has 0 saturated carbocycles. The van der Waals surface area contributed by atoms with Gasteiger partial charge in [0.05, 0.1) is 0 Å². The quantitative estimate of drug-likeness (QED) is 0.733. The minimum Gasteiger partial charge on any atom is -0.368 e. The van der Waals surface area contributed by atoms with Gasteiger partial charge in [0, 0.05) is 49.5 Å². The van der Waals surface area contributed by atoms with Gasteiger partial charge < -0.3 is 20.0 Å². The van der Waals surface area contributed by atoms with Crippen LogP contribution in [0.1, 0.15) is 27.1 Å². The number of hydrogen-bond acceptors (Lipinski definition) is 4. The summed E-state index contributed by atoms with van der Waals surface area (Å²) < 4.78 is 0. The van der Waals surface area contributed by atoms with Crippen LogP contribution >= 0.6 is 0 Å². The van der Waals surface area contributed by atoms with Gasteiger partial charge in [0.15, 0.2) is 0 Å². The van der Waals surface area contributed by atoms with Crippen molar-refractivity contribution in [3.05, 3.63) is 65.7 Å². The van der Waals surface area contributed by atoms with Crippen molar-refractivity contribution in [2.24, 2.45) is 0 Å². The van der Waals surface area contributed by atoms with Crippen LogP contribution in [0, 0.1) is 0 Å². The number of carbonyl (C=O) groups excluding carboxylic acids is 2. The van der Waals surface area contributed by atoms with Crippen molar-refractivity contribution >= 4 is 17.5 Å². The van der Waals surface area contributed by atoms with E-state index in [2.05, 4.69) is 27.2 Å². The van der Waals surface area contributed by atoms with Crippen LogP contribution in [0.4, 0.5) is 5.69 Å². The smallest absolute Gasteiger partial charge is 0.253 e. The van der Waals surface area contributed by atoms with Gasteiger partial charge >= 0.3 is 0 Å². The fraction of sp³-hybridized carbons (Fsp3) is 0.391. The number of para-hydroxylation sites is 1. The average molecular weight is 395 g/mol. The van der Waals surface area contributed by atoms with E-state index in [1.165, 1.54) is 5.69 Å². The molecule has 29 heavy (non-hydrogen) atoms. The molecule has 0 aromatic heterocycles. The number of carbonyl (C=O) groups is 2. The van der Waals surface area contributed by atoms with Crippen molar-refractivity contribution in [1.29, 1.82) is 0 Å². The standard InChI is InChI=1S/C23H30N4O2/c1-25(2)14-6-13-24-22(28)19-9-11-20(12-10-19)23(29)27-17-15-26(16-18-27)21-7-4-3-5-8-21/h3-5,7-12H,6,13-18H2,1-2H3,(H,24,28). The number of nitrogens with zero attached hydrogens (tertiary/aromatic N) is 3. The summed E-state index contributed by atoms with van der Waals surface area (Å²) in [4.78, 5) is 31.3. The lowest BCUT2D eigenvalue weighted by molar-refractivity contribution is 0.0746. The highest BCUT2D eigenvalue weighted by atomic mass is 16.2. The van der Waals surface area contributed by atoms with Crippen LogP contribution in [0.2, 0.25) is 0 Å². The molecule has 6 heteroatoms. The Kier molecular flexibility index (Phi) is 7.25. The first-order chi connectivity index (χ1) is 14.0. The van der Waals surface area contributed by atoms with Crippen molar-refractivity contribution in [2.45, 2.75) is 6.42 Å². The van der Waals surface area contributed by atoms with Gasteiger partial charge in [-0.2, -0.15) is 0 Å². The molecule has 2 aromatic carbocycles. The number of anilines is 1. The summed E-state index contributed by atoms with van der Waals surface area (Å²) in [5, 5.41) is 2.92. The Bertz CT molecular complexity index is 797. The highest BCUT2D eigenvalue weighted by Crippen LogP contribution is 2.17. The van der Waals surface area contributed by atoms with Gasteiger partial charge in [0.25, 0.3) is 11.8 Å². The van der Waals surface area contributed by atoms with E-state index in [4.69, 9.17) is 0 Å². The monoisotopic (exact) mass is 394 g/mol. The molecule has 3 rings (SSSR count). The normalized spacial score (nSPS) is 14.2. The molecule has 1 N–H and O–H groups in total. The van der Waals surface area contributed by atoms with Crippen molar-refractivity contribution in [2.75, 3.05) is 58.3 Å². The Morgan fingerprint density at radius 2 is 1.52 bits per heavy atom. The second-order valence-corrected chi connectivity index (χ2v) is 7.60. The lowest BCUT2D eigenvalue weighted by atomic mass is 10.1. The molecule has 1 aliphatic heterocycles. The van der Waals surface area contributed by atoms with Gasteiger partial charge in [-0.15, -0.1) is 0 Å². The second-order valence-electron chi connectivity index (χ2n) is 7.60. The summed E-state index contributed by atoms with van der Waals surface area (Å²) in [5.41, 5.74) is 2.41. The topological polar surface area (TPSA) is 55.9 Å². The summed E-state index contributed by atoms with van der Waals surface area (Å²) in [7, 11) is 4.03. The predicted molar refractivity (Wildman–Crippen MR) is 117 cm³/mol. The van der Waals surface area contributed by atoms with Crippen molar-refractivity contribution in [3.8, 4) is 0 Å². The molecule has 2 amide bonds. The molecule has 1 aliphatic rings. The maximum absolute atomic E-state index is 12.8. The Hall–Kier alpha value is -2.86. The van der Waals surface area contributed by atoms with E-state index in [9.17, 15) is 9.59 Å². The maximum atomic E-state index is 12.8. The molecule has 1 fully saturated rings. The fourth-order valence-electron chi connectivity index (χ4n) is 3.45. The molecular weight excluding hydrogens is 364 g/mol. The summed E-state index contributed by atoms with van der Waals surface area (Å²) in [5.74, 6) is -0.0742. The van der Waals surface area contributed by atoms with Gasteiger partial charge in [-0.25, -0.2) is 0 Å². The molecule has 2 aromatic rings. The molecule has 1 heterocycles. The molecule has 1 saturated heterocycles. The number of hydrogen-bond donors (Lipinski definition) is 1. The highest BCUT2D eigenvalue weighted by Gasteiger charge is 2.22. The lowest BCUT2D eigenvalue weighted by Gasteiger charge is -2.36. The van der Waals surface area contributed by atoms with E-state index < -0.39 is 0 Å². The molecule has 0 radical (unpaired) electrons. The number of piperazine rings is 1. The van der Waals surface area contributed by atoms with Crippen LogP contribution in [0.5, 0.6) is 0 Å². The van der Waals surface area contributed by atoms with Gasteiger partial charge in [0.1, 0.15) is 0 Å². The van der Waals surface area contributed by atoms with Crippen molar-refractivity contribution in [3.63, 3.8) is 0 Å². The third-order valence-corrected chi connectivity index (χ3v) is 5.15. The SMILES string of the molecule is CN(C)CCCNC(=O)c1ccc(C(=O)N2CCN(c3ccccc3)CC2)cc1. The van der Waals surface area contributed by atoms with E-state index in [1.807, 2.05) is 37.2 Å². The number of rotatable bonds is 7. The number of nitrogens with one attached hydrogen (secondary N) is 1. The van der Waals surface area contributed by atoms with Crippen LogP contribution in [0.25, 0.3) is 0 Å². The van der Waals surface area contributed by atoms with Crippen LogP contribution < -0.4 is 10.2 Å². The maximum Gasteiger partial charge on any atom is 0.253 e. The molecule has 0 atom stereocenters. The average Bonchev–Trinajstić information content (AvgIpc) is 2.77. The first-order valence-corrected chi connectivity index (χ1v) is 10.2. The predicted octanol–water partition coefficient (Wildman–Crippen LogP) is 2.33. The zero-order valence-electron chi connectivity index (χ0n) is 17.3. The molecule has 0 unspecified atom stereocenters. The van der Waals surface area contributed by atoms with Crippen molar-refractivity contribution < 1.29 is 9.59 Å². The van der Waals surface area contributed by atoms with Gasteiger partial charge in [0.2, 0.25) is 0 Å². The summed E-state index contributed by atoms with van der Waals surface area (Å²) in [6.45, 7) is 4.62. The highest BCUT2D eigenvalue weighted by molar-refractivity contribution is 5.97. The Balaban J connectivity index is 1.50. The van der Waals surface area contributed by atoms with E-state index in [0.29, 0.717) is 30.8 Å². The van der Waals surface area contributed by atoms with E-state index >= 15 is 0 Å². The van der Waals surface area contributed by atoms with Crippen LogP contribution in [-0.4, -0.2) is 75.0 Å². The van der Waals surface area contributed by atoms with Crippen LogP contribution in [0.3, 0.4) is 0 Å². The number of amides is 2. The molecule has 154 valence electrons. The van der Waals surface area contributed by atoms with E-state index in [1.54, 1.807) is 24.3 Å². The van der Waals surface area contributed by atoms with Gasteiger partial charge in [-0.1, -0.05) is 18.2 Å². The third-order valence-electron chi connectivity index (χ3n) is 5.15. The Labute approximate surface area is 173 Å². The van der Waals surface area contributed by atoms with Gasteiger partial charge in [-0.3, -0.25) is 9.59 Å². The Morgan fingerprint density at radius 3 is 2.14 bits per heavy atom. The van der Waals surface area contributed by atoms with Crippen molar-refractivity contribution in [1.82, 2.24) is 15.1 Å². The minimum absolute atomic E-state index is 0.0238. The zero-order chi connectivity index (χ0) is 20.6. The minimum atomic E-state index is -0.0979. The van der Waals surface area contributed by atoms with Crippen LogP contribution in [-0.2, 0) is 0 Å². The summed E-state index contributed by atoms with van der Waals surface area (Å²) in [6.07, 6.45) is 0.907.